The van der Waals surface area contributed by atoms with Gasteiger partial charge in [-0.15, -0.1) is 0 Å². The van der Waals surface area contributed by atoms with Crippen molar-refractivity contribution in [2.75, 3.05) is 19.7 Å². The van der Waals surface area contributed by atoms with Crippen LogP contribution in [0, 0.1) is 5.92 Å². The minimum Gasteiger partial charge on any atom is -0.486 e. The van der Waals surface area contributed by atoms with Gasteiger partial charge in [0.15, 0.2) is 5.76 Å². The molecule has 6 heteroatoms. The minimum atomic E-state index is -0.704. The molecule has 1 saturated heterocycles. The molecule has 3 aromatic rings. The van der Waals surface area contributed by atoms with E-state index in [4.69, 9.17) is 9.15 Å². The predicted octanol–water partition coefficient (Wildman–Crippen LogP) is 2.44. The first-order valence-electron chi connectivity index (χ1n) is 8.92. The topological polar surface area (TPSA) is 83.1 Å². The van der Waals surface area contributed by atoms with Gasteiger partial charge < -0.3 is 24.3 Å². The lowest BCUT2D eigenvalue weighted by molar-refractivity contribution is 0.0728. The zero-order valence-electron chi connectivity index (χ0n) is 14.7. The zero-order valence-corrected chi connectivity index (χ0v) is 14.7. The molecule has 0 bridgehead atoms. The highest BCUT2D eigenvalue weighted by molar-refractivity contribution is 5.91. The number of aliphatic hydroxyl groups is 2. The Kier molecular flexibility index (Phi) is 4.83. The summed E-state index contributed by atoms with van der Waals surface area (Å²) in [5, 5.41) is 21.3. The van der Waals surface area contributed by atoms with Gasteiger partial charge in [0.25, 0.3) is 5.91 Å². The third kappa shape index (κ3) is 3.67. The van der Waals surface area contributed by atoms with E-state index in [2.05, 4.69) is 0 Å². The summed E-state index contributed by atoms with van der Waals surface area (Å²) < 4.78 is 11.4. The Bertz CT molecular complexity index is 950. The number of β-amino-alcohol motifs (C(OH)–C–C–N with tert-alkyl or cyclic N) is 1. The number of aliphatic hydroxyl groups excluding tert-OH is 2. The third-order valence-electron chi connectivity index (χ3n) is 4.90. The maximum atomic E-state index is 12.5. The predicted molar refractivity (Wildman–Crippen MR) is 99.5 cm³/mol. The Labute approximate surface area is 156 Å². The maximum Gasteiger partial charge on any atom is 0.289 e. The van der Waals surface area contributed by atoms with Crippen LogP contribution in [0.25, 0.3) is 10.8 Å². The molecule has 6 nitrogen and oxygen atoms in total. The molecule has 0 spiro atoms. The number of carbonyl (C=O) groups is 1. The van der Waals surface area contributed by atoms with E-state index >= 15 is 0 Å². The van der Waals surface area contributed by atoms with Gasteiger partial charge in [0.1, 0.15) is 18.1 Å². The average Bonchev–Trinajstić information content (AvgIpc) is 3.32. The number of fused-ring (bicyclic) bond motifs is 1. The molecule has 0 radical (unpaired) electrons. The molecular weight excluding hydrogens is 346 g/mol. The van der Waals surface area contributed by atoms with Gasteiger partial charge in [0.2, 0.25) is 0 Å². The standard InChI is InChI=1S/C21H21NO5/c23-12-16-10-22(11-19(16)24)21(25)20-8-7-18(27-20)13-26-17-6-5-14-3-1-2-4-15(14)9-17/h1-9,16,19,23-24H,10-13H2. The summed E-state index contributed by atoms with van der Waals surface area (Å²) in [6, 6.07) is 17.2. The highest BCUT2D eigenvalue weighted by atomic mass is 16.5. The van der Waals surface area contributed by atoms with E-state index in [0.29, 0.717) is 12.3 Å². The second-order valence-electron chi connectivity index (χ2n) is 6.78. The Morgan fingerprint density at radius 3 is 2.70 bits per heavy atom. The van der Waals surface area contributed by atoms with E-state index in [1.807, 2.05) is 42.5 Å². The first kappa shape index (κ1) is 17.6. The molecule has 2 heterocycles. The number of benzene rings is 2. The van der Waals surface area contributed by atoms with Crippen molar-refractivity contribution in [1.82, 2.24) is 4.90 Å². The molecule has 2 atom stereocenters. The molecule has 140 valence electrons. The number of nitrogens with zero attached hydrogens (tertiary/aromatic N) is 1. The normalized spacial score (nSPS) is 19.6. The van der Waals surface area contributed by atoms with Crippen LogP contribution in [0.2, 0.25) is 0 Å². The smallest absolute Gasteiger partial charge is 0.289 e. The number of carbonyl (C=O) groups excluding carboxylic acids is 1. The van der Waals surface area contributed by atoms with Crippen LogP contribution in [0.3, 0.4) is 0 Å². The zero-order chi connectivity index (χ0) is 18.8. The Morgan fingerprint density at radius 1 is 1.11 bits per heavy atom. The minimum absolute atomic E-state index is 0.145. The Hall–Kier alpha value is -2.83. The van der Waals surface area contributed by atoms with Crippen LogP contribution in [-0.4, -0.2) is 46.8 Å². The molecule has 2 unspecified atom stereocenters. The van der Waals surface area contributed by atoms with E-state index < -0.39 is 6.10 Å². The summed E-state index contributed by atoms with van der Waals surface area (Å²) in [6.45, 7) is 0.593. The van der Waals surface area contributed by atoms with Gasteiger partial charge in [-0.1, -0.05) is 30.3 Å². The van der Waals surface area contributed by atoms with Crippen molar-refractivity contribution in [2.24, 2.45) is 5.92 Å². The van der Waals surface area contributed by atoms with Crippen molar-refractivity contribution in [3.8, 4) is 5.75 Å². The van der Waals surface area contributed by atoms with Crippen molar-refractivity contribution in [2.45, 2.75) is 12.7 Å². The van der Waals surface area contributed by atoms with Gasteiger partial charge in [-0.25, -0.2) is 0 Å². The number of hydrogen-bond acceptors (Lipinski definition) is 5. The van der Waals surface area contributed by atoms with Crippen LogP contribution < -0.4 is 4.74 Å². The fourth-order valence-corrected chi connectivity index (χ4v) is 3.34. The summed E-state index contributed by atoms with van der Waals surface area (Å²) in [6.07, 6.45) is -0.704. The first-order chi connectivity index (χ1) is 13.1. The number of furan rings is 1. The Morgan fingerprint density at radius 2 is 1.93 bits per heavy atom. The van der Waals surface area contributed by atoms with E-state index in [1.54, 1.807) is 12.1 Å². The first-order valence-corrected chi connectivity index (χ1v) is 8.92. The SMILES string of the molecule is O=C(c1ccc(COc2ccc3ccccc3c2)o1)N1CC(O)C(CO)C1. The van der Waals surface area contributed by atoms with E-state index in [1.165, 1.54) is 4.90 Å². The van der Waals surface area contributed by atoms with Crippen LogP contribution in [0.5, 0.6) is 5.75 Å². The van der Waals surface area contributed by atoms with Crippen molar-refractivity contribution < 1.29 is 24.2 Å². The summed E-state index contributed by atoms with van der Waals surface area (Å²) in [5.41, 5.74) is 0. The molecule has 1 amide bonds. The van der Waals surface area contributed by atoms with Crippen LogP contribution in [-0.2, 0) is 6.61 Å². The fourth-order valence-electron chi connectivity index (χ4n) is 3.34. The van der Waals surface area contributed by atoms with Gasteiger partial charge >= 0.3 is 0 Å². The molecule has 0 aliphatic carbocycles. The monoisotopic (exact) mass is 367 g/mol. The molecule has 0 saturated carbocycles. The highest BCUT2D eigenvalue weighted by Crippen LogP contribution is 2.23. The number of hydrogen-bond donors (Lipinski definition) is 2. The molecule has 27 heavy (non-hydrogen) atoms. The molecule has 2 N–H and O–H groups in total. The molecule has 4 rings (SSSR count). The molecule has 1 fully saturated rings. The van der Waals surface area contributed by atoms with E-state index in [9.17, 15) is 15.0 Å². The largest absolute Gasteiger partial charge is 0.486 e. The van der Waals surface area contributed by atoms with Crippen LogP contribution in [0.4, 0.5) is 0 Å². The van der Waals surface area contributed by atoms with Crippen LogP contribution in [0.15, 0.2) is 59.0 Å². The van der Waals surface area contributed by atoms with Gasteiger partial charge in [0, 0.05) is 19.0 Å². The number of ether oxygens (including phenoxy) is 1. The molecule has 1 aliphatic rings. The second kappa shape index (κ2) is 7.42. The average molecular weight is 367 g/mol. The second-order valence-corrected chi connectivity index (χ2v) is 6.78. The van der Waals surface area contributed by atoms with Crippen LogP contribution >= 0.6 is 0 Å². The van der Waals surface area contributed by atoms with Gasteiger partial charge in [-0.05, 0) is 35.0 Å². The lowest BCUT2D eigenvalue weighted by Gasteiger charge is -2.13. The van der Waals surface area contributed by atoms with E-state index in [0.717, 1.165) is 16.5 Å². The summed E-state index contributed by atoms with van der Waals surface area (Å²) in [4.78, 5) is 14.0. The van der Waals surface area contributed by atoms with Gasteiger partial charge in [0.05, 0.1) is 12.7 Å². The number of amides is 1. The molecule has 1 aromatic heterocycles. The molecule has 1 aliphatic heterocycles. The van der Waals surface area contributed by atoms with Crippen molar-refractivity contribution in [1.29, 1.82) is 0 Å². The van der Waals surface area contributed by atoms with Crippen LogP contribution in [0.1, 0.15) is 16.3 Å². The summed E-state index contributed by atoms with van der Waals surface area (Å²) >= 11 is 0. The summed E-state index contributed by atoms with van der Waals surface area (Å²) in [7, 11) is 0. The number of rotatable bonds is 5. The molecular formula is C21H21NO5. The van der Waals surface area contributed by atoms with Gasteiger partial charge in [-0.3, -0.25) is 4.79 Å². The fraction of sp³-hybridized carbons (Fsp3) is 0.286. The maximum absolute atomic E-state index is 12.5. The van der Waals surface area contributed by atoms with Crippen molar-refractivity contribution in [3.63, 3.8) is 0 Å². The molecule has 2 aromatic carbocycles. The summed E-state index contributed by atoms with van der Waals surface area (Å²) in [5.74, 6) is 0.885. The highest BCUT2D eigenvalue weighted by Gasteiger charge is 2.34. The van der Waals surface area contributed by atoms with Gasteiger partial charge in [-0.2, -0.15) is 0 Å². The quantitative estimate of drug-likeness (QED) is 0.724. The van der Waals surface area contributed by atoms with E-state index in [-0.39, 0.29) is 37.3 Å². The third-order valence-corrected chi connectivity index (χ3v) is 4.90. The van der Waals surface area contributed by atoms with Crippen molar-refractivity contribution in [3.05, 3.63) is 66.1 Å². The number of likely N-dealkylation sites (tertiary alicyclic amines) is 1. The Balaban J connectivity index is 1.39. The lowest BCUT2D eigenvalue weighted by atomic mass is 10.1. The lowest BCUT2D eigenvalue weighted by Crippen LogP contribution is -2.29. The van der Waals surface area contributed by atoms with Crippen molar-refractivity contribution >= 4 is 16.7 Å².